The smallest absolute Gasteiger partial charge is 0.401 e. The molecule has 1 aliphatic rings. The fraction of sp³-hybridized carbons (Fsp3) is 0.393. The van der Waals surface area contributed by atoms with Gasteiger partial charge in [0, 0.05) is 55.2 Å². The van der Waals surface area contributed by atoms with E-state index in [9.17, 15) is 13.2 Å². The van der Waals surface area contributed by atoms with Gasteiger partial charge in [-0.15, -0.1) is 0 Å². The first-order valence-corrected chi connectivity index (χ1v) is 12.7. The molecule has 0 fully saturated rings. The number of hydrogen-bond acceptors (Lipinski definition) is 8. The monoisotopic (exact) mass is 542 g/mol. The van der Waals surface area contributed by atoms with Crippen LogP contribution in [0.4, 0.5) is 24.7 Å². The number of hydrogen-bond donors (Lipinski definition) is 2. The van der Waals surface area contributed by atoms with E-state index in [1.807, 2.05) is 31.3 Å². The first kappa shape index (κ1) is 28.2. The number of halogens is 3. The Morgan fingerprint density at radius 3 is 2.33 bits per heavy atom. The van der Waals surface area contributed by atoms with Gasteiger partial charge < -0.3 is 25.0 Å². The van der Waals surface area contributed by atoms with E-state index in [1.54, 1.807) is 32.7 Å². The van der Waals surface area contributed by atoms with Crippen molar-refractivity contribution in [1.29, 1.82) is 0 Å². The van der Waals surface area contributed by atoms with Gasteiger partial charge in [0.2, 0.25) is 0 Å². The molecule has 0 spiro atoms. The van der Waals surface area contributed by atoms with Crippen LogP contribution in [0.3, 0.4) is 0 Å². The SMILES string of the molecule is CNc1ccc(-c2cnc3c(n2)=CC(N(CCCNCC(F)(F)F)c2cc(OC)cc(OC)c2)C(C)C=3)cn1. The first-order valence-electron chi connectivity index (χ1n) is 12.7. The maximum atomic E-state index is 12.6. The van der Waals surface area contributed by atoms with Crippen LogP contribution in [0.2, 0.25) is 0 Å². The highest BCUT2D eigenvalue weighted by molar-refractivity contribution is 5.62. The zero-order valence-electron chi connectivity index (χ0n) is 22.4. The Balaban J connectivity index is 1.68. The minimum atomic E-state index is -4.25. The topological polar surface area (TPSA) is 84.4 Å². The third kappa shape index (κ3) is 7.17. The zero-order chi connectivity index (χ0) is 28.0. The Morgan fingerprint density at radius 2 is 1.72 bits per heavy atom. The van der Waals surface area contributed by atoms with E-state index in [1.165, 1.54) is 0 Å². The second kappa shape index (κ2) is 12.3. The molecule has 2 atom stereocenters. The number of pyridine rings is 1. The highest BCUT2D eigenvalue weighted by Gasteiger charge is 2.27. The van der Waals surface area contributed by atoms with Crippen molar-refractivity contribution in [3.05, 3.63) is 53.4 Å². The lowest BCUT2D eigenvalue weighted by Crippen LogP contribution is -2.47. The summed E-state index contributed by atoms with van der Waals surface area (Å²) >= 11 is 0. The molecular weight excluding hydrogens is 509 g/mol. The molecule has 39 heavy (non-hydrogen) atoms. The predicted molar refractivity (Wildman–Crippen MR) is 146 cm³/mol. The van der Waals surface area contributed by atoms with Gasteiger partial charge in [0.15, 0.2) is 0 Å². The molecular formula is C28H33F3N6O2. The number of methoxy groups -OCH3 is 2. The van der Waals surface area contributed by atoms with Gasteiger partial charge in [-0.25, -0.2) is 9.97 Å². The highest BCUT2D eigenvalue weighted by atomic mass is 19.4. The normalized spacial score (nSPS) is 16.5. The summed E-state index contributed by atoms with van der Waals surface area (Å²) in [5.74, 6) is 2.05. The Kier molecular flexibility index (Phi) is 8.90. The predicted octanol–water partition coefficient (Wildman–Crippen LogP) is 3.23. The Morgan fingerprint density at radius 1 is 0.974 bits per heavy atom. The lowest BCUT2D eigenvalue weighted by Gasteiger charge is -2.36. The fourth-order valence-electron chi connectivity index (χ4n) is 4.54. The van der Waals surface area contributed by atoms with Crippen molar-refractivity contribution in [2.75, 3.05) is 51.1 Å². The molecule has 4 rings (SSSR count). The lowest BCUT2D eigenvalue weighted by molar-refractivity contribution is -0.124. The van der Waals surface area contributed by atoms with Gasteiger partial charge in [0.1, 0.15) is 17.3 Å². The van der Waals surface area contributed by atoms with Crippen molar-refractivity contribution in [3.8, 4) is 22.8 Å². The van der Waals surface area contributed by atoms with E-state index in [0.29, 0.717) is 30.2 Å². The van der Waals surface area contributed by atoms with E-state index in [-0.39, 0.29) is 18.5 Å². The number of aromatic nitrogens is 3. The number of ether oxygens (including phenoxy) is 2. The molecule has 1 aliphatic carbocycles. The second-order valence-electron chi connectivity index (χ2n) is 9.30. The molecule has 1 aromatic carbocycles. The highest BCUT2D eigenvalue weighted by Crippen LogP contribution is 2.32. The average Bonchev–Trinajstić information content (AvgIpc) is 2.93. The second-order valence-corrected chi connectivity index (χ2v) is 9.30. The number of fused-ring (bicyclic) bond motifs is 1. The summed E-state index contributed by atoms with van der Waals surface area (Å²) in [6.07, 6.45) is 3.88. The van der Waals surface area contributed by atoms with Crippen LogP contribution in [0.15, 0.2) is 42.7 Å². The molecule has 11 heteroatoms. The van der Waals surface area contributed by atoms with Crippen LogP contribution >= 0.6 is 0 Å². The molecule has 0 bridgehead atoms. The number of rotatable bonds is 11. The molecule has 8 nitrogen and oxygen atoms in total. The molecule has 2 aromatic heterocycles. The standard InChI is InChI=1S/C28H33F3N6O2/c1-18-10-23-24(36-25(16-34-23)19-6-7-27(32-2)35-15-19)14-26(18)37(9-5-8-33-17-28(29,30)31)20-11-21(38-3)13-22(12-20)39-4/h6-7,10-16,18,26,33H,5,8-9,17H2,1-4H3,(H,32,35). The van der Waals surface area contributed by atoms with Gasteiger partial charge in [-0.05, 0) is 31.2 Å². The summed E-state index contributed by atoms with van der Waals surface area (Å²) in [5.41, 5.74) is 2.38. The van der Waals surface area contributed by atoms with Crippen LogP contribution in [0.25, 0.3) is 23.4 Å². The minimum absolute atomic E-state index is 0.0505. The van der Waals surface area contributed by atoms with E-state index in [2.05, 4.69) is 44.6 Å². The van der Waals surface area contributed by atoms with Crippen molar-refractivity contribution in [1.82, 2.24) is 20.3 Å². The summed E-state index contributed by atoms with van der Waals surface area (Å²) < 4.78 is 48.8. The van der Waals surface area contributed by atoms with E-state index < -0.39 is 12.7 Å². The van der Waals surface area contributed by atoms with Crippen LogP contribution in [0, 0.1) is 5.92 Å². The van der Waals surface area contributed by atoms with Gasteiger partial charge >= 0.3 is 6.18 Å². The Hall–Kier alpha value is -3.86. The maximum Gasteiger partial charge on any atom is 0.401 e. The van der Waals surface area contributed by atoms with Crippen molar-refractivity contribution in [2.45, 2.75) is 25.6 Å². The molecule has 3 aromatic rings. The Labute approximate surface area is 225 Å². The van der Waals surface area contributed by atoms with Gasteiger partial charge in [-0.3, -0.25) is 4.98 Å². The first-order chi connectivity index (χ1) is 18.7. The molecule has 2 heterocycles. The summed E-state index contributed by atoms with van der Waals surface area (Å²) in [6.45, 7) is 1.79. The molecule has 2 N–H and O–H groups in total. The molecule has 0 saturated carbocycles. The molecule has 2 unspecified atom stereocenters. The number of anilines is 2. The lowest BCUT2D eigenvalue weighted by atomic mass is 9.94. The van der Waals surface area contributed by atoms with Crippen LogP contribution in [-0.4, -0.2) is 68.1 Å². The van der Waals surface area contributed by atoms with Gasteiger partial charge in [-0.2, -0.15) is 13.2 Å². The summed E-state index contributed by atoms with van der Waals surface area (Å²) in [6, 6.07) is 9.27. The number of alkyl halides is 3. The number of nitrogens with one attached hydrogen (secondary N) is 2. The number of nitrogens with zero attached hydrogens (tertiary/aromatic N) is 4. The number of benzene rings is 1. The van der Waals surface area contributed by atoms with Crippen LogP contribution in [0.1, 0.15) is 13.3 Å². The summed E-state index contributed by atoms with van der Waals surface area (Å²) in [7, 11) is 4.97. The fourth-order valence-corrected chi connectivity index (χ4v) is 4.54. The van der Waals surface area contributed by atoms with Gasteiger partial charge in [-0.1, -0.05) is 13.0 Å². The third-order valence-corrected chi connectivity index (χ3v) is 6.54. The average molecular weight is 543 g/mol. The van der Waals surface area contributed by atoms with Gasteiger partial charge in [0.25, 0.3) is 0 Å². The van der Waals surface area contributed by atoms with Crippen molar-refractivity contribution in [3.63, 3.8) is 0 Å². The molecule has 0 amide bonds. The molecule has 0 radical (unpaired) electrons. The minimum Gasteiger partial charge on any atom is -0.497 e. The van der Waals surface area contributed by atoms with Crippen molar-refractivity contribution >= 4 is 23.7 Å². The van der Waals surface area contributed by atoms with E-state index >= 15 is 0 Å². The summed E-state index contributed by atoms with van der Waals surface area (Å²) in [5, 5.41) is 7.02. The Bertz CT molecular complexity index is 1360. The van der Waals surface area contributed by atoms with Crippen LogP contribution < -0.4 is 35.7 Å². The zero-order valence-corrected chi connectivity index (χ0v) is 22.4. The van der Waals surface area contributed by atoms with Crippen molar-refractivity contribution in [2.24, 2.45) is 5.92 Å². The molecule has 0 aliphatic heterocycles. The third-order valence-electron chi connectivity index (χ3n) is 6.54. The largest absolute Gasteiger partial charge is 0.497 e. The van der Waals surface area contributed by atoms with Crippen LogP contribution in [0.5, 0.6) is 11.5 Å². The van der Waals surface area contributed by atoms with Gasteiger partial charge in [0.05, 0.1) is 49.4 Å². The quantitative estimate of drug-likeness (QED) is 0.358. The maximum absolute atomic E-state index is 12.6. The molecule has 208 valence electrons. The van der Waals surface area contributed by atoms with E-state index in [0.717, 1.165) is 27.8 Å². The molecule has 0 saturated heterocycles. The van der Waals surface area contributed by atoms with Crippen LogP contribution in [-0.2, 0) is 0 Å². The van der Waals surface area contributed by atoms with Crippen molar-refractivity contribution < 1.29 is 22.6 Å². The van der Waals surface area contributed by atoms with E-state index in [4.69, 9.17) is 14.5 Å². The summed E-state index contributed by atoms with van der Waals surface area (Å²) in [4.78, 5) is 16.1.